The highest BCUT2D eigenvalue weighted by molar-refractivity contribution is 9.10. The summed E-state index contributed by atoms with van der Waals surface area (Å²) in [5.41, 5.74) is 0.540. The zero-order valence-electron chi connectivity index (χ0n) is 7.96. The van der Waals surface area contributed by atoms with Crippen LogP contribution in [0.15, 0.2) is 16.7 Å². The highest BCUT2D eigenvalue weighted by Crippen LogP contribution is 2.22. The standard InChI is InChI=1S/C10H10BrClN2O/c11-8-4-6(5-13-9(8)12)10(15)14-7-2-1-3-7/h4-5,7H,1-3H2,(H,14,15). The number of amides is 1. The lowest BCUT2D eigenvalue weighted by Gasteiger charge is -2.26. The van der Waals surface area contributed by atoms with Gasteiger partial charge in [-0.2, -0.15) is 0 Å². The van der Waals surface area contributed by atoms with Crippen LogP contribution in [0.25, 0.3) is 0 Å². The van der Waals surface area contributed by atoms with Crippen LogP contribution < -0.4 is 5.32 Å². The molecule has 1 aliphatic rings. The summed E-state index contributed by atoms with van der Waals surface area (Å²) in [5.74, 6) is -0.0791. The first-order valence-electron chi connectivity index (χ1n) is 4.79. The number of aromatic nitrogens is 1. The molecule has 1 aromatic heterocycles. The van der Waals surface area contributed by atoms with Gasteiger partial charge in [-0.1, -0.05) is 11.6 Å². The fourth-order valence-electron chi connectivity index (χ4n) is 1.37. The summed E-state index contributed by atoms with van der Waals surface area (Å²) >= 11 is 8.98. The molecule has 1 fully saturated rings. The molecule has 1 aromatic rings. The third-order valence-electron chi connectivity index (χ3n) is 2.50. The SMILES string of the molecule is O=C(NC1CCC1)c1cnc(Cl)c(Br)c1. The Morgan fingerprint density at radius 3 is 2.87 bits per heavy atom. The number of nitrogens with zero attached hydrogens (tertiary/aromatic N) is 1. The number of hydrogen-bond donors (Lipinski definition) is 1. The first kappa shape index (κ1) is 10.9. The summed E-state index contributed by atoms with van der Waals surface area (Å²) in [7, 11) is 0. The van der Waals surface area contributed by atoms with Crippen molar-refractivity contribution in [3.05, 3.63) is 27.5 Å². The van der Waals surface area contributed by atoms with Gasteiger partial charge in [0.2, 0.25) is 0 Å². The minimum atomic E-state index is -0.0791. The summed E-state index contributed by atoms with van der Waals surface area (Å²) in [6.07, 6.45) is 4.84. The van der Waals surface area contributed by atoms with Gasteiger partial charge >= 0.3 is 0 Å². The maximum atomic E-state index is 11.7. The van der Waals surface area contributed by atoms with Crippen LogP contribution >= 0.6 is 27.5 Å². The van der Waals surface area contributed by atoms with Gasteiger partial charge in [-0.25, -0.2) is 4.98 Å². The Hall–Kier alpha value is -0.610. The zero-order chi connectivity index (χ0) is 10.8. The number of carbonyl (C=O) groups excluding carboxylic acids is 1. The summed E-state index contributed by atoms with van der Waals surface area (Å²) in [6, 6.07) is 2.02. The van der Waals surface area contributed by atoms with Crippen LogP contribution in [0.5, 0.6) is 0 Å². The predicted octanol–water partition coefficient (Wildman–Crippen LogP) is 2.78. The Labute approximate surface area is 101 Å². The van der Waals surface area contributed by atoms with Crippen LogP contribution in [0.3, 0.4) is 0 Å². The van der Waals surface area contributed by atoms with E-state index in [2.05, 4.69) is 26.2 Å². The van der Waals surface area contributed by atoms with E-state index in [-0.39, 0.29) is 5.91 Å². The molecule has 3 nitrogen and oxygen atoms in total. The molecule has 1 N–H and O–H groups in total. The summed E-state index contributed by atoms with van der Waals surface area (Å²) in [5, 5.41) is 3.31. The van der Waals surface area contributed by atoms with E-state index in [0.717, 1.165) is 12.8 Å². The number of carbonyl (C=O) groups is 1. The monoisotopic (exact) mass is 288 g/mol. The van der Waals surface area contributed by atoms with Crippen LogP contribution in [0.4, 0.5) is 0 Å². The second-order valence-corrected chi connectivity index (χ2v) is 4.81. The highest BCUT2D eigenvalue weighted by Gasteiger charge is 2.20. The van der Waals surface area contributed by atoms with E-state index < -0.39 is 0 Å². The molecule has 1 heterocycles. The lowest BCUT2D eigenvalue weighted by Crippen LogP contribution is -2.39. The topological polar surface area (TPSA) is 42.0 Å². The molecule has 80 valence electrons. The molecule has 0 atom stereocenters. The molecule has 1 aliphatic carbocycles. The van der Waals surface area contributed by atoms with E-state index in [1.54, 1.807) is 6.07 Å². The maximum absolute atomic E-state index is 11.7. The zero-order valence-corrected chi connectivity index (χ0v) is 10.3. The average Bonchev–Trinajstić information content (AvgIpc) is 2.15. The smallest absolute Gasteiger partial charge is 0.253 e. The van der Waals surface area contributed by atoms with Crippen molar-refractivity contribution in [2.24, 2.45) is 0 Å². The van der Waals surface area contributed by atoms with E-state index in [9.17, 15) is 4.79 Å². The quantitative estimate of drug-likeness (QED) is 0.851. The molecule has 0 aliphatic heterocycles. The largest absolute Gasteiger partial charge is 0.349 e. The van der Waals surface area contributed by atoms with Gasteiger partial charge in [0, 0.05) is 12.2 Å². The van der Waals surface area contributed by atoms with E-state index in [4.69, 9.17) is 11.6 Å². The van der Waals surface area contributed by atoms with Gasteiger partial charge in [-0.05, 0) is 41.3 Å². The minimum absolute atomic E-state index is 0.0791. The molecule has 0 spiro atoms. The maximum Gasteiger partial charge on any atom is 0.253 e. The molecule has 1 saturated carbocycles. The number of rotatable bonds is 2. The Kier molecular flexibility index (Phi) is 3.26. The summed E-state index contributed by atoms with van der Waals surface area (Å²) < 4.78 is 0.644. The Morgan fingerprint density at radius 1 is 1.60 bits per heavy atom. The second kappa shape index (κ2) is 4.49. The molecule has 1 amide bonds. The molecule has 0 unspecified atom stereocenters. The molecular weight excluding hydrogens is 279 g/mol. The number of halogens is 2. The molecule has 0 radical (unpaired) electrons. The molecule has 0 saturated heterocycles. The van der Waals surface area contributed by atoms with Gasteiger partial charge in [-0.3, -0.25) is 4.79 Å². The first-order chi connectivity index (χ1) is 7.16. The van der Waals surface area contributed by atoms with Crippen molar-refractivity contribution in [1.29, 1.82) is 0 Å². The van der Waals surface area contributed by atoms with Crippen molar-refractivity contribution < 1.29 is 4.79 Å². The third kappa shape index (κ3) is 2.49. The van der Waals surface area contributed by atoms with E-state index in [1.807, 2.05) is 0 Å². The summed E-state index contributed by atoms with van der Waals surface area (Å²) in [6.45, 7) is 0. The molecule has 0 aromatic carbocycles. The molecule has 15 heavy (non-hydrogen) atoms. The van der Waals surface area contributed by atoms with E-state index in [0.29, 0.717) is 21.2 Å². The van der Waals surface area contributed by atoms with Crippen molar-refractivity contribution in [1.82, 2.24) is 10.3 Å². The Morgan fingerprint density at radius 2 is 2.33 bits per heavy atom. The Bertz CT molecular complexity index is 393. The average molecular weight is 290 g/mol. The fourth-order valence-corrected chi connectivity index (χ4v) is 1.82. The fraction of sp³-hybridized carbons (Fsp3) is 0.400. The summed E-state index contributed by atoms with van der Waals surface area (Å²) in [4.78, 5) is 15.6. The lowest BCUT2D eigenvalue weighted by atomic mass is 9.93. The van der Waals surface area contributed by atoms with Crippen molar-refractivity contribution in [2.75, 3.05) is 0 Å². The molecule has 0 bridgehead atoms. The van der Waals surface area contributed by atoms with Crippen LogP contribution in [0, 0.1) is 0 Å². The number of pyridine rings is 1. The first-order valence-corrected chi connectivity index (χ1v) is 5.96. The second-order valence-electron chi connectivity index (χ2n) is 3.60. The van der Waals surface area contributed by atoms with Gasteiger partial charge in [0.15, 0.2) is 0 Å². The molecule has 2 rings (SSSR count). The van der Waals surface area contributed by atoms with Crippen molar-refractivity contribution >= 4 is 33.4 Å². The molecular formula is C10H10BrClN2O. The normalized spacial score (nSPS) is 15.9. The van der Waals surface area contributed by atoms with Gasteiger partial charge < -0.3 is 5.32 Å². The van der Waals surface area contributed by atoms with Crippen LogP contribution in [0.2, 0.25) is 5.15 Å². The van der Waals surface area contributed by atoms with Gasteiger partial charge in [0.05, 0.1) is 10.0 Å². The van der Waals surface area contributed by atoms with Crippen LogP contribution in [-0.4, -0.2) is 16.9 Å². The van der Waals surface area contributed by atoms with E-state index >= 15 is 0 Å². The highest BCUT2D eigenvalue weighted by atomic mass is 79.9. The van der Waals surface area contributed by atoms with Crippen LogP contribution in [-0.2, 0) is 0 Å². The van der Waals surface area contributed by atoms with Gasteiger partial charge in [0.25, 0.3) is 5.91 Å². The van der Waals surface area contributed by atoms with E-state index in [1.165, 1.54) is 12.6 Å². The number of nitrogens with one attached hydrogen (secondary N) is 1. The Balaban J connectivity index is 2.07. The predicted molar refractivity (Wildman–Crippen MR) is 62.1 cm³/mol. The minimum Gasteiger partial charge on any atom is -0.349 e. The van der Waals surface area contributed by atoms with Crippen molar-refractivity contribution in [3.8, 4) is 0 Å². The third-order valence-corrected chi connectivity index (χ3v) is 3.63. The van der Waals surface area contributed by atoms with Crippen LogP contribution in [0.1, 0.15) is 29.6 Å². The van der Waals surface area contributed by atoms with Gasteiger partial charge in [-0.15, -0.1) is 0 Å². The lowest BCUT2D eigenvalue weighted by molar-refractivity contribution is 0.0916. The molecule has 5 heteroatoms. The van der Waals surface area contributed by atoms with Crippen molar-refractivity contribution in [3.63, 3.8) is 0 Å². The van der Waals surface area contributed by atoms with Gasteiger partial charge in [0.1, 0.15) is 5.15 Å². The number of hydrogen-bond acceptors (Lipinski definition) is 2. The van der Waals surface area contributed by atoms with Crippen molar-refractivity contribution in [2.45, 2.75) is 25.3 Å².